The van der Waals surface area contributed by atoms with Crippen LogP contribution in [0, 0.1) is 5.82 Å². The number of hydrogen-bond acceptors (Lipinski definition) is 5. The molecule has 0 spiro atoms. The Labute approximate surface area is 189 Å². The van der Waals surface area contributed by atoms with Crippen molar-refractivity contribution in [2.24, 2.45) is 0 Å². The maximum atomic E-state index is 13.0. The van der Waals surface area contributed by atoms with Gasteiger partial charge in [0.1, 0.15) is 29.0 Å². The topological polar surface area (TPSA) is 69.0 Å². The first-order chi connectivity index (χ1) is 15.6. The molecule has 0 bridgehead atoms. The van der Waals surface area contributed by atoms with E-state index in [1.165, 1.54) is 42.7 Å². The van der Waals surface area contributed by atoms with Gasteiger partial charge in [-0.3, -0.25) is 4.79 Å². The van der Waals surface area contributed by atoms with E-state index in [9.17, 15) is 9.18 Å². The number of amides is 1. The number of carbonyl (C=O) groups is 1. The molecule has 2 aromatic carbocycles. The van der Waals surface area contributed by atoms with E-state index < -0.39 is 0 Å². The summed E-state index contributed by atoms with van der Waals surface area (Å²) < 4.78 is 20.9. The molecule has 1 amide bonds. The van der Waals surface area contributed by atoms with Crippen molar-refractivity contribution in [2.45, 2.75) is 45.3 Å². The fourth-order valence-electron chi connectivity index (χ4n) is 3.97. The van der Waals surface area contributed by atoms with E-state index in [1.54, 1.807) is 12.1 Å². The monoisotopic (exact) mass is 450 g/mol. The molecule has 0 saturated heterocycles. The Morgan fingerprint density at radius 2 is 2.00 bits per heavy atom. The Balaban J connectivity index is 1.19. The lowest BCUT2D eigenvalue weighted by atomic mass is 10.2. The molecule has 5 rings (SSSR count). The van der Waals surface area contributed by atoms with E-state index in [1.807, 2.05) is 23.6 Å². The highest BCUT2D eigenvalue weighted by molar-refractivity contribution is 7.09. The lowest BCUT2D eigenvalue weighted by Crippen LogP contribution is -2.14. The summed E-state index contributed by atoms with van der Waals surface area (Å²) >= 11 is 1.44. The van der Waals surface area contributed by atoms with Gasteiger partial charge in [-0.2, -0.15) is 0 Å². The van der Waals surface area contributed by atoms with Crippen LogP contribution < -0.4 is 10.1 Å². The summed E-state index contributed by atoms with van der Waals surface area (Å²) in [5.74, 6) is 1.29. The van der Waals surface area contributed by atoms with Crippen LogP contribution in [0.1, 0.15) is 35.8 Å². The summed E-state index contributed by atoms with van der Waals surface area (Å²) in [6.07, 6.45) is 4.80. The van der Waals surface area contributed by atoms with Crippen molar-refractivity contribution in [1.29, 1.82) is 0 Å². The van der Waals surface area contributed by atoms with Gasteiger partial charge in [-0.1, -0.05) is 6.42 Å². The van der Waals surface area contributed by atoms with Crippen LogP contribution in [-0.4, -0.2) is 20.4 Å². The molecule has 0 radical (unpaired) electrons. The third-order valence-corrected chi connectivity index (χ3v) is 6.38. The molecule has 0 atom stereocenters. The van der Waals surface area contributed by atoms with Gasteiger partial charge < -0.3 is 14.6 Å². The average molecular weight is 451 g/mol. The van der Waals surface area contributed by atoms with Crippen molar-refractivity contribution in [3.05, 3.63) is 70.2 Å². The summed E-state index contributed by atoms with van der Waals surface area (Å²) in [5, 5.41) is 5.58. The molecule has 4 aromatic rings. The van der Waals surface area contributed by atoms with Gasteiger partial charge in [0.2, 0.25) is 5.91 Å². The number of imidazole rings is 1. The molecule has 1 N–H and O–H groups in total. The zero-order valence-corrected chi connectivity index (χ0v) is 18.3. The number of halogens is 1. The first kappa shape index (κ1) is 20.6. The minimum Gasteiger partial charge on any atom is -0.486 e. The summed E-state index contributed by atoms with van der Waals surface area (Å²) in [7, 11) is 0. The Bertz CT molecular complexity index is 1250. The molecule has 0 aliphatic carbocycles. The Morgan fingerprint density at radius 1 is 1.12 bits per heavy atom. The predicted octanol–water partition coefficient (Wildman–Crippen LogP) is 5.12. The fraction of sp³-hybridized carbons (Fsp3) is 0.292. The quantitative estimate of drug-likeness (QED) is 0.443. The maximum Gasteiger partial charge on any atom is 0.230 e. The molecular weight excluding hydrogens is 427 g/mol. The summed E-state index contributed by atoms with van der Waals surface area (Å²) in [5.41, 5.74) is 3.49. The Morgan fingerprint density at radius 3 is 2.88 bits per heavy atom. The number of hydrogen-bond donors (Lipinski definition) is 1. The second-order valence-corrected chi connectivity index (χ2v) is 8.84. The largest absolute Gasteiger partial charge is 0.486 e. The van der Waals surface area contributed by atoms with Gasteiger partial charge in [0.05, 0.1) is 23.1 Å². The number of aromatic nitrogens is 3. The third-order valence-electron chi connectivity index (χ3n) is 5.51. The van der Waals surface area contributed by atoms with E-state index >= 15 is 0 Å². The number of thiazole rings is 1. The van der Waals surface area contributed by atoms with Crippen LogP contribution in [-0.2, 0) is 30.8 Å². The minimum absolute atomic E-state index is 0.124. The zero-order chi connectivity index (χ0) is 21.9. The van der Waals surface area contributed by atoms with Gasteiger partial charge >= 0.3 is 0 Å². The van der Waals surface area contributed by atoms with E-state index in [2.05, 4.69) is 14.9 Å². The summed E-state index contributed by atoms with van der Waals surface area (Å²) in [6, 6.07) is 11.8. The summed E-state index contributed by atoms with van der Waals surface area (Å²) in [6.45, 7) is 1.29. The van der Waals surface area contributed by atoms with Crippen molar-refractivity contribution in [3.8, 4) is 5.75 Å². The molecule has 6 nitrogen and oxygen atoms in total. The van der Waals surface area contributed by atoms with Crippen LogP contribution in [0.15, 0.2) is 47.8 Å². The standard InChI is InChI=1S/C24H23FN4O2S/c25-16-5-8-19(9-6-16)31-14-24-27-18(15-32-24)13-23(30)26-17-7-10-21-20(12-17)28-22-4-2-1-3-11-29(21)22/h5-10,12,15H,1-4,11,13-14H2,(H,26,30). The first-order valence-electron chi connectivity index (χ1n) is 10.7. The lowest BCUT2D eigenvalue weighted by molar-refractivity contribution is -0.115. The molecule has 32 heavy (non-hydrogen) atoms. The van der Waals surface area contributed by atoms with Crippen LogP contribution in [0.2, 0.25) is 0 Å². The molecule has 2 aromatic heterocycles. The minimum atomic E-state index is -0.304. The Kier molecular flexibility index (Phi) is 5.85. The molecule has 0 saturated carbocycles. The first-order valence-corrected chi connectivity index (χ1v) is 11.6. The fourth-order valence-corrected chi connectivity index (χ4v) is 4.67. The van der Waals surface area contributed by atoms with Gasteiger partial charge in [0.25, 0.3) is 0 Å². The normalized spacial score (nSPS) is 13.5. The molecular formula is C24H23FN4O2S. The molecule has 8 heteroatoms. The molecule has 164 valence electrons. The second-order valence-electron chi connectivity index (χ2n) is 7.89. The molecule has 0 unspecified atom stereocenters. The van der Waals surface area contributed by atoms with Crippen LogP contribution in [0.25, 0.3) is 11.0 Å². The predicted molar refractivity (Wildman–Crippen MR) is 122 cm³/mol. The number of carbonyl (C=O) groups excluding carboxylic acids is 1. The van der Waals surface area contributed by atoms with Gasteiger partial charge in [0, 0.05) is 24.0 Å². The highest BCUT2D eigenvalue weighted by Crippen LogP contribution is 2.24. The zero-order valence-electron chi connectivity index (χ0n) is 17.5. The molecule has 3 heterocycles. The number of anilines is 1. The van der Waals surface area contributed by atoms with Crippen molar-refractivity contribution >= 4 is 34.0 Å². The van der Waals surface area contributed by atoms with Crippen LogP contribution in [0.5, 0.6) is 5.75 Å². The third kappa shape index (κ3) is 4.65. The van der Waals surface area contributed by atoms with Crippen molar-refractivity contribution in [1.82, 2.24) is 14.5 Å². The number of ether oxygens (including phenoxy) is 1. The van der Waals surface area contributed by atoms with E-state index in [-0.39, 0.29) is 24.8 Å². The molecule has 0 fully saturated rings. The van der Waals surface area contributed by atoms with Crippen molar-refractivity contribution < 1.29 is 13.9 Å². The highest BCUT2D eigenvalue weighted by Gasteiger charge is 2.15. The second kappa shape index (κ2) is 9.08. The van der Waals surface area contributed by atoms with E-state index in [4.69, 9.17) is 9.72 Å². The Hall–Kier alpha value is -3.26. The summed E-state index contributed by atoms with van der Waals surface area (Å²) in [4.78, 5) is 21.8. The molecule has 1 aliphatic heterocycles. The van der Waals surface area contributed by atoms with Gasteiger partial charge in [-0.05, 0) is 55.3 Å². The molecule has 1 aliphatic rings. The van der Waals surface area contributed by atoms with Gasteiger partial charge in [0.15, 0.2) is 0 Å². The van der Waals surface area contributed by atoms with Gasteiger partial charge in [-0.25, -0.2) is 14.4 Å². The van der Waals surface area contributed by atoms with E-state index in [0.717, 1.165) is 40.5 Å². The van der Waals surface area contributed by atoms with Crippen LogP contribution in [0.3, 0.4) is 0 Å². The lowest BCUT2D eigenvalue weighted by Gasteiger charge is -2.06. The van der Waals surface area contributed by atoms with Crippen molar-refractivity contribution in [3.63, 3.8) is 0 Å². The number of aryl methyl sites for hydroxylation is 2. The van der Waals surface area contributed by atoms with Crippen LogP contribution >= 0.6 is 11.3 Å². The van der Waals surface area contributed by atoms with Crippen molar-refractivity contribution in [2.75, 3.05) is 5.32 Å². The SMILES string of the molecule is O=C(Cc1csc(COc2ccc(F)cc2)n1)Nc1ccc2c(c1)nc1n2CCCCC1. The smallest absolute Gasteiger partial charge is 0.230 e. The van der Waals surface area contributed by atoms with Gasteiger partial charge in [-0.15, -0.1) is 11.3 Å². The average Bonchev–Trinajstić information content (AvgIpc) is 3.29. The van der Waals surface area contributed by atoms with Crippen LogP contribution in [0.4, 0.5) is 10.1 Å². The number of nitrogens with one attached hydrogen (secondary N) is 1. The number of rotatable bonds is 6. The number of nitrogens with zero attached hydrogens (tertiary/aromatic N) is 3. The number of benzene rings is 2. The maximum absolute atomic E-state index is 13.0. The highest BCUT2D eigenvalue weighted by atomic mass is 32.1. The number of fused-ring (bicyclic) bond motifs is 3. The van der Waals surface area contributed by atoms with E-state index in [0.29, 0.717) is 11.4 Å².